The van der Waals surface area contributed by atoms with Gasteiger partial charge in [-0.05, 0) is 22.9 Å². The van der Waals surface area contributed by atoms with Gasteiger partial charge >= 0.3 is 6.18 Å². The van der Waals surface area contributed by atoms with Crippen molar-refractivity contribution in [1.82, 2.24) is 9.38 Å². The Morgan fingerprint density at radius 3 is 2.76 bits per heavy atom. The van der Waals surface area contributed by atoms with E-state index in [9.17, 15) is 13.2 Å². The molecule has 0 aliphatic rings. The third-order valence-electron chi connectivity index (χ3n) is 2.02. The number of fused-ring (bicyclic) bond motifs is 1. The minimum absolute atomic E-state index is 0.125. The Morgan fingerprint density at radius 2 is 2.12 bits per heavy atom. The van der Waals surface area contributed by atoms with Gasteiger partial charge in [0.05, 0.1) is 10.2 Å². The maximum atomic E-state index is 12.0. The molecular formula is C10H8BrF3N2O. The van der Waals surface area contributed by atoms with Gasteiger partial charge in [0.2, 0.25) is 0 Å². The van der Waals surface area contributed by atoms with Crippen molar-refractivity contribution in [3.63, 3.8) is 0 Å². The fraction of sp³-hybridized carbons (Fsp3) is 0.300. The number of nitrogens with zero attached hydrogens (tertiary/aromatic N) is 2. The molecule has 0 N–H and O–H groups in total. The Bertz CT molecular complexity index is 550. The highest BCUT2D eigenvalue weighted by Crippen LogP contribution is 2.28. The first kappa shape index (κ1) is 12.2. The summed E-state index contributed by atoms with van der Waals surface area (Å²) in [7, 11) is 0. The summed E-state index contributed by atoms with van der Waals surface area (Å²) in [5.41, 5.74) is 1.33. The highest BCUT2D eigenvalue weighted by Gasteiger charge is 2.28. The smallest absolute Gasteiger partial charge is 0.422 e. The van der Waals surface area contributed by atoms with E-state index in [2.05, 4.69) is 20.9 Å². The van der Waals surface area contributed by atoms with Crippen LogP contribution in [-0.2, 0) is 0 Å². The standard InChI is InChI=1S/C10H8BrF3N2O/c1-6-3-16-4-7(11)8(2-9(16)15-6)17-5-10(12,13)14/h2-4H,5H2,1H3. The van der Waals surface area contributed by atoms with Gasteiger partial charge in [0, 0.05) is 18.5 Å². The van der Waals surface area contributed by atoms with Gasteiger partial charge in [-0.3, -0.25) is 0 Å². The van der Waals surface area contributed by atoms with Crippen molar-refractivity contribution in [2.45, 2.75) is 13.1 Å². The van der Waals surface area contributed by atoms with E-state index in [4.69, 9.17) is 4.74 Å². The molecule has 2 heterocycles. The number of aryl methyl sites for hydroxylation is 1. The van der Waals surface area contributed by atoms with Crippen LogP contribution in [0.4, 0.5) is 13.2 Å². The van der Waals surface area contributed by atoms with E-state index in [0.717, 1.165) is 5.69 Å². The van der Waals surface area contributed by atoms with Gasteiger partial charge in [-0.1, -0.05) is 0 Å². The SMILES string of the molecule is Cc1cn2cc(Br)c(OCC(F)(F)F)cc2n1. The van der Waals surface area contributed by atoms with Gasteiger partial charge < -0.3 is 9.14 Å². The lowest BCUT2D eigenvalue weighted by Crippen LogP contribution is -2.19. The lowest BCUT2D eigenvalue weighted by Gasteiger charge is -2.10. The zero-order valence-electron chi connectivity index (χ0n) is 8.75. The van der Waals surface area contributed by atoms with Crippen LogP contribution in [0.1, 0.15) is 5.69 Å². The summed E-state index contributed by atoms with van der Waals surface area (Å²) in [5.74, 6) is 0.125. The maximum Gasteiger partial charge on any atom is 0.422 e. The average Bonchev–Trinajstić information content (AvgIpc) is 2.52. The first-order valence-electron chi connectivity index (χ1n) is 4.69. The van der Waals surface area contributed by atoms with Crippen molar-refractivity contribution >= 4 is 21.6 Å². The van der Waals surface area contributed by atoms with Crippen molar-refractivity contribution in [3.8, 4) is 5.75 Å². The third-order valence-corrected chi connectivity index (χ3v) is 2.62. The van der Waals surface area contributed by atoms with E-state index < -0.39 is 12.8 Å². The molecule has 0 unspecified atom stereocenters. The summed E-state index contributed by atoms with van der Waals surface area (Å²) in [6, 6.07) is 1.46. The lowest BCUT2D eigenvalue weighted by atomic mass is 10.4. The van der Waals surface area contributed by atoms with Crippen LogP contribution in [0, 0.1) is 6.92 Å². The topological polar surface area (TPSA) is 26.5 Å². The molecule has 0 fully saturated rings. The molecule has 0 aromatic carbocycles. The Labute approximate surface area is 103 Å². The number of hydrogen-bond acceptors (Lipinski definition) is 2. The summed E-state index contributed by atoms with van der Waals surface area (Å²) in [5, 5.41) is 0. The summed E-state index contributed by atoms with van der Waals surface area (Å²) < 4.78 is 42.9. The van der Waals surface area contributed by atoms with Gasteiger partial charge in [-0.25, -0.2) is 4.98 Å². The Kier molecular flexibility index (Phi) is 3.03. The number of pyridine rings is 1. The second-order valence-electron chi connectivity index (χ2n) is 3.54. The predicted octanol–water partition coefficient (Wildman–Crippen LogP) is 3.35. The molecule has 0 radical (unpaired) electrons. The van der Waals surface area contributed by atoms with Crippen LogP contribution in [0.25, 0.3) is 5.65 Å². The van der Waals surface area contributed by atoms with Gasteiger partial charge in [0.15, 0.2) is 6.61 Å². The molecule has 0 spiro atoms. The number of imidazole rings is 1. The number of rotatable bonds is 2. The van der Waals surface area contributed by atoms with E-state index in [0.29, 0.717) is 10.1 Å². The molecule has 3 nitrogen and oxygen atoms in total. The largest absolute Gasteiger partial charge is 0.483 e. The van der Waals surface area contributed by atoms with Crippen LogP contribution in [0.3, 0.4) is 0 Å². The van der Waals surface area contributed by atoms with E-state index in [-0.39, 0.29) is 5.75 Å². The molecule has 17 heavy (non-hydrogen) atoms. The highest BCUT2D eigenvalue weighted by atomic mass is 79.9. The molecule has 0 atom stereocenters. The predicted molar refractivity (Wildman–Crippen MR) is 59.2 cm³/mol. The zero-order valence-corrected chi connectivity index (χ0v) is 10.3. The minimum Gasteiger partial charge on any atom is -0.483 e. The molecule has 2 aromatic rings. The molecule has 0 bridgehead atoms. The third kappa shape index (κ3) is 2.91. The Balaban J connectivity index is 2.30. The van der Waals surface area contributed by atoms with Gasteiger partial charge in [-0.15, -0.1) is 0 Å². The average molecular weight is 309 g/mol. The molecule has 0 saturated heterocycles. The van der Waals surface area contributed by atoms with Crippen molar-refractivity contribution in [3.05, 3.63) is 28.6 Å². The highest BCUT2D eigenvalue weighted by molar-refractivity contribution is 9.10. The van der Waals surface area contributed by atoms with Crippen molar-refractivity contribution in [1.29, 1.82) is 0 Å². The molecule has 0 amide bonds. The molecule has 0 saturated carbocycles. The number of hydrogen-bond donors (Lipinski definition) is 0. The van der Waals surface area contributed by atoms with E-state index in [1.165, 1.54) is 6.07 Å². The Morgan fingerprint density at radius 1 is 1.41 bits per heavy atom. The molecule has 2 aromatic heterocycles. The molecule has 7 heteroatoms. The lowest BCUT2D eigenvalue weighted by molar-refractivity contribution is -0.153. The van der Waals surface area contributed by atoms with Crippen molar-refractivity contribution in [2.75, 3.05) is 6.61 Å². The quantitative estimate of drug-likeness (QED) is 0.850. The number of aromatic nitrogens is 2. The minimum atomic E-state index is -4.35. The monoisotopic (exact) mass is 308 g/mol. The molecule has 92 valence electrons. The van der Waals surface area contributed by atoms with Crippen LogP contribution >= 0.6 is 15.9 Å². The zero-order chi connectivity index (χ0) is 12.6. The first-order valence-corrected chi connectivity index (χ1v) is 5.49. The van der Waals surface area contributed by atoms with Gasteiger partial charge in [-0.2, -0.15) is 13.2 Å². The number of alkyl halides is 3. The Hall–Kier alpha value is -1.24. The second-order valence-corrected chi connectivity index (χ2v) is 4.39. The summed E-state index contributed by atoms with van der Waals surface area (Å²) in [4.78, 5) is 4.14. The summed E-state index contributed by atoms with van der Waals surface area (Å²) in [6.07, 6.45) is -0.967. The summed E-state index contributed by atoms with van der Waals surface area (Å²) in [6.45, 7) is 0.485. The van der Waals surface area contributed by atoms with Crippen LogP contribution in [0.2, 0.25) is 0 Å². The van der Waals surface area contributed by atoms with E-state index in [1.807, 2.05) is 0 Å². The number of halogens is 4. The molecule has 0 aliphatic carbocycles. The van der Waals surface area contributed by atoms with Crippen LogP contribution in [-0.4, -0.2) is 22.2 Å². The number of ether oxygens (including phenoxy) is 1. The van der Waals surface area contributed by atoms with Crippen LogP contribution in [0.5, 0.6) is 5.75 Å². The van der Waals surface area contributed by atoms with Crippen LogP contribution in [0.15, 0.2) is 22.9 Å². The first-order chi connectivity index (χ1) is 7.85. The fourth-order valence-corrected chi connectivity index (χ4v) is 1.84. The maximum absolute atomic E-state index is 12.0. The van der Waals surface area contributed by atoms with Gasteiger partial charge in [0.25, 0.3) is 0 Å². The molecular weight excluding hydrogens is 301 g/mol. The second kappa shape index (κ2) is 4.21. The van der Waals surface area contributed by atoms with E-state index in [1.54, 1.807) is 23.7 Å². The summed E-state index contributed by atoms with van der Waals surface area (Å²) >= 11 is 3.15. The normalized spacial score (nSPS) is 12.1. The molecule has 0 aliphatic heterocycles. The van der Waals surface area contributed by atoms with Crippen LogP contribution < -0.4 is 4.74 Å². The van der Waals surface area contributed by atoms with Gasteiger partial charge in [0.1, 0.15) is 11.4 Å². The molecule has 2 rings (SSSR count). The van der Waals surface area contributed by atoms with Crippen molar-refractivity contribution < 1.29 is 17.9 Å². The van der Waals surface area contributed by atoms with E-state index >= 15 is 0 Å². The van der Waals surface area contributed by atoms with Crippen molar-refractivity contribution in [2.24, 2.45) is 0 Å². The fourth-order valence-electron chi connectivity index (χ4n) is 1.39.